The van der Waals surface area contributed by atoms with Gasteiger partial charge in [-0.2, -0.15) is 0 Å². The largest absolute Gasteiger partial charge is 0.526 e. The zero-order chi connectivity index (χ0) is 14.1. The normalized spacial score (nSPS) is 19.3. The van der Waals surface area contributed by atoms with Gasteiger partial charge in [0.25, 0.3) is 0 Å². The van der Waals surface area contributed by atoms with Gasteiger partial charge >= 0.3 is 9.28 Å². The Bertz CT molecular complexity index is 261. The minimum Gasteiger partial charge on any atom is -0.526 e. The van der Waals surface area contributed by atoms with Crippen LogP contribution in [-0.2, 0) is 8.85 Å². The van der Waals surface area contributed by atoms with Crippen molar-refractivity contribution in [2.24, 2.45) is 11.8 Å². The van der Waals surface area contributed by atoms with Gasteiger partial charge in [0.1, 0.15) is 0 Å². The number of unbranched alkanes of at least 4 members (excludes halogenated alkanes) is 1. The van der Waals surface area contributed by atoms with E-state index in [1.54, 1.807) is 0 Å². The summed E-state index contributed by atoms with van der Waals surface area (Å²) in [6.07, 6.45) is 10.2. The third kappa shape index (κ3) is 7.78. The summed E-state index contributed by atoms with van der Waals surface area (Å²) in [4.78, 5) is 0. The minimum atomic E-state index is -1.51. The fourth-order valence-electron chi connectivity index (χ4n) is 2.43. The molecule has 2 nitrogen and oxygen atoms in total. The lowest BCUT2D eigenvalue weighted by molar-refractivity contribution is 0.238. The van der Waals surface area contributed by atoms with E-state index in [0.29, 0.717) is 0 Å². The van der Waals surface area contributed by atoms with E-state index in [1.165, 1.54) is 44.6 Å². The molecular formula is C16H32O2Si. The highest BCUT2D eigenvalue weighted by Crippen LogP contribution is 2.31. The second kappa shape index (κ2) is 9.59. The number of hydrogen-bond donors (Lipinski definition) is 0. The lowest BCUT2D eigenvalue weighted by atomic mass is 10.0. The molecule has 0 aliphatic heterocycles. The van der Waals surface area contributed by atoms with Gasteiger partial charge in [0, 0.05) is 12.7 Å². The lowest BCUT2D eigenvalue weighted by Crippen LogP contribution is -2.25. The molecule has 1 rings (SSSR count). The summed E-state index contributed by atoms with van der Waals surface area (Å²) in [6.45, 7) is 9.53. The van der Waals surface area contributed by atoms with Crippen LogP contribution in [0.4, 0.5) is 0 Å². The number of rotatable bonds is 11. The molecule has 0 spiro atoms. The monoisotopic (exact) mass is 284 g/mol. The summed E-state index contributed by atoms with van der Waals surface area (Å²) in [7, 11) is -1.51. The Morgan fingerprint density at radius 2 is 2.05 bits per heavy atom. The third-order valence-corrected chi connectivity index (χ3v) is 6.22. The summed E-state index contributed by atoms with van der Waals surface area (Å²) in [5.41, 5.74) is 0. The standard InChI is InChI=1S/C16H32O2Si/c1-5-8-9-15(6-2)13-19(17-7-3)18-14(4)12-16-10-11-16/h12,15-16,19H,5-11,13H2,1-4H3. The van der Waals surface area contributed by atoms with E-state index >= 15 is 0 Å². The molecule has 112 valence electrons. The van der Waals surface area contributed by atoms with Gasteiger partial charge in [-0.1, -0.05) is 39.5 Å². The first-order chi connectivity index (χ1) is 9.19. The van der Waals surface area contributed by atoms with Crippen molar-refractivity contribution < 1.29 is 8.85 Å². The molecule has 1 aliphatic rings. The Labute approximate surface area is 121 Å². The van der Waals surface area contributed by atoms with E-state index in [2.05, 4.69) is 33.8 Å². The average Bonchev–Trinajstić information content (AvgIpc) is 3.18. The van der Waals surface area contributed by atoms with E-state index in [1.807, 2.05) is 0 Å². The van der Waals surface area contributed by atoms with Gasteiger partial charge in [0.2, 0.25) is 0 Å². The maximum atomic E-state index is 6.13. The minimum absolute atomic E-state index is 0.789. The van der Waals surface area contributed by atoms with Crippen LogP contribution in [0.3, 0.4) is 0 Å². The first kappa shape index (κ1) is 16.8. The lowest BCUT2D eigenvalue weighted by Gasteiger charge is -2.22. The van der Waals surface area contributed by atoms with Gasteiger partial charge in [-0.25, -0.2) is 0 Å². The molecule has 1 fully saturated rings. The highest BCUT2D eigenvalue weighted by atomic mass is 28.3. The van der Waals surface area contributed by atoms with Crippen LogP contribution in [0, 0.1) is 11.8 Å². The molecule has 1 saturated carbocycles. The van der Waals surface area contributed by atoms with Gasteiger partial charge in [0.15, 0.2) is 0 Å². The third-order valence-electron chi connectivity index (χ3n) is 3.83. The van der Waals surface area contributed by atoms with Crippen LogP contribution in [0.5, 0.6) is 0 Å². The van der Waals surface area contributed by atoms with Crippen LogP contribution in [0.2, 0.25) is 6.04 Å². The fourth-order valence-corrected chi connectivity index (χ4v) is 4.71. The van der Waals surface area contributed by atoms with E-state index in [0.717, 1.165) is 24.2 Å². The Balaban J connectivity index is 2.40. The highest BCUT2D eigenvalue weighted by Gasteiger charge is 2.23. The van der Waals surface area contributed by atoms with Crippen molar-refractivity contribution in [3.8, 4) is 0 Å². The van der Waals surface area contributed by atoms with E-state index in [9.17, 15) is 0 Å². The molecule has 0 N–H and O–H groups in total. The molecule has 0 aromatic heterocycles. The molecule has 2 atom stereocenters. The molecule has 0 amide bonds. The van der Waals surface area contributed by atoms with Crippen LogP contribution < -0.4 is 0 Å². The molecule has 0 aromatic carbocycles. The Morgan fingerprint density at radius 1 is 1.32 bits per heavy atom. The topological polar surface area (TPSA) is 18.5 Å². The summed E-state index contributed by atoms with van der Waals surface area (Å²) >= 11 is 0. The predicted molar refractivity (Wildman–Crippen MR) is 84.5 cm³/mol. The van der Waals surface area contributed by atoms with Crippen LogP contribution in [0.1, 0.15) is 66.2 Å². The van der Waals surface area contributed by atoms with Gasteiger partial charge < -0.3 is 8.85 Å². The smallest absolute Gasteiger partial charge is 0.382 e. The van der Waals surface area contributed by atoms with Crippen LogP contribution >= 0.6 is 0 Å². The molecule has 0 radical (unpaired) electrons. The van der Waals surface area contributed by atoms with E-state index < -0.39 is 9.28 Å². The van der Waals surface area contributed by atoms with Crippen LogP contribution in [0.15, 0.2) is 11.8 Å². The van der Waals surface area contributed by atoms with Crippen LogP contribution in [0.25, 0.3) is 0 Å². The summed E-state index contributed by atoms with van der Waals surface area (Å²) in [5, 5.41) is 0. The van der Waals surface area contributed by atoms with Crippen molar-refractivity contribution in [1.29, 1.82) is 0 Å². The molecule has 19 heavy (non-hydrogen) atoms. The zero-order valence-electron chi connectivity index (χ0n) is 13.3. The number of hydrogen-bond acceptors (Lipinski definition) is 2. The maximum absolute atomic E-state index is 6.13. The van der Waals surface area contributed by atoms with Crippen molar-refractivity contribution in [2.45, 2.75) is 72.3 Å². The molecule has 0 aromatic rings. The van der Waals surface area contributed by atoms with Gasteiger partial charge in [-0.15, -0.1) is 0 Å². The molecule has 0 saturated heterocycles. The quantitative estimate of drug-likeness (QED) is 0.401. The Hall–Kier alpha value is -0.283. The van der Waals surface area contributed by atoms with Crippen molar-refractivity contribution >= 4 is 9.28 Å². The highest BCUT2D eigenvalue weighted by molar-refractivity contribution is 6.44. The van der Waals surface area contributed by atoms with Crippen molar-refractivity contribution in [2.75, 3.05) is 6.61 Å². The number of allylic oxidation sites excluding steroid dienone is 2. The summed E-state index contributed by atoms with van der Waals surface area (Å²) in [6, 6.07) is 1.17. The zero-order valence-corrected chi connectivity index (χ0v) is 14.4. The summed E-state index contributed by atoms with van der Waals surface area (Å²) in [5.74, 6) is 2.69. The second-order valence-electron chi connectivity index (χ2n) is 5.77. The molecule has 1 aliphatic carbocycles. The average molecular weight is 285 g/mol. The van der Waals surface area contributed by atoms with Gasteiger partial charge in [-0.05, 0) is 44.6 Å². The Morgan fingerprint density at radius 3 is 2.58 bits per heavy atom. The molecule has 2 unspecified atom stereocenters. The second-order valence-corrected chi connectivity index (χ2v) is 7.67. The first-order valence-corrected chi connectivity index (χ1v) is 9.92. The van der Waals surface area contributed by atoms with E-state index in [-0.39, 0.29) is 0 Å². The van der Waals surface area contributed by atoms with Crippen molar-refractivity contribution in [3.63, 3.8) is 0 Å². The first-order valence-electron chi connectivity index (χ1n) is 8.16. The van der Waals surface area contributed by atoms with Gasteiger partial charge in [0.05, 0.1) is 5.76 Å². The van der Waals surface area contributed by atoms with Gasteiger partial charge in [-0.3, -0.25) is 0 Å². The van der Waals surface area contributed by atoms with Crippen molar-refractivity contribution in [1.82, 2.24) is 0 Å². The maximum Gasteiger partial charge on any atom is 0.382 e. The summed E-state index contributed by atoms with van der Waals surface area (Å²) < 4.78 is 12.0. The van der Waals surface area contributed by atoms with E-state index in [4.69, 9.17) is 8.85 Å². The fraction of sp³-hybridized carbons (Fsp3) is 0.875. The Kier molecular flexibility index (Phi) is 8.47. The molecule has 3 heteroatoms. The molecule has 0 heterocycles. The van der Waals surface area contributed by atoms with Crippen LogP contribution in [-0.4, -0.2) is 15.9 Å². The predicted octanol–water partition coefficient (Wildman–Crippen LogP) is 4.79. The van der Waals surface area contributed by atoms with Crippen molar-refractivity contribution in [3.05, 3.63) is 11.8 Å². The molecule has 0 bridgehead atoms. The SMILES string of the molecule is CCCCC(CC)C[SiH](OCC)OC(C)=CC1CC1. The molecular weight excluding hydrogens is 252 g/mol.